The van der Waals surface area contributed by atoms with Crippen molar-refractivity contribution in [3.05, 3.63) is 28.2 Å². The number of nitrogens with one attached hydrogen (secondary N) is 2. The monoisotopic (exact) mass is 327 g/mol. The zero-order chi connectivity index (χ0) is 15.2. The van der Waals surface area contributed by atoms with Gasteiger partial charge >= 0.3 is 6.01 Å². The van der Waals surface area contributed by atoms with Crippen molar-refractivity contribution in [2.24, 2.45) is 0 Å². The minimum atomic E-state index is 0.212. The van der Waals surface area contributed by atoms with Crippen LogP contribution >= 0.6 is 23.2 Å². The first kappa shape index (κ1) is 15.6. The highest BCUT2D eigenvalue weighted by Gasteiger charge is 2.09. The molecule has 0 saturated carbocycles. The number of hydrogen-bond acceptors (Lipinski definition) is 6. The van der Waals surface area contributed by atoms with Gasteiger partial charge in [0.2, 0.25) is 11.9 Å². The van der Waals surface area contributed by atoms with Crippen molar-refractivity contribution in [3.63, 3.8) is 0 Å². The fourth-order valence-electron chi connectivity index (χ4n) is 1.53. The van der Waals surface area contributed by atoms with Crippen LogP contribution in [0.3, 0.4) is 0 Å². The molecule has 0 aliphatic rings. The Morgan fingerprint density at radius 3 is 2.62 bits per heavy atom. The van der Waals surface area contributed by atoms with E-state index in [9.17, 15) is 0 Å². The molecule has 0 saturated heterocycles. The third-order valence-electron chi connectivity index (χ3n) is 2.51. The van der Waals surface area contributed by atoms with Crippen LogP contribution in [-0.4, -0.2) is 28.6 Å². The molecular formula is C13H15Cl2N5O. The van der Waals surface area contributed by atoms with Gasteiger partial charge in [-0.15, -0.1) is 0 Å². The lowest BCUT2D eigenvalue weighted by Gasteiger charge is -2.10. The van der Waals surface area contributed by atoms with Gasteiger partial charge in [-0.25, -0.2) is 0 Å². The second kappa shape index (κ2) is 7.28. The van der Waals surface area contributed by atoms with Crippen molar-refractivity contribution >= 4 is 40.8 Å². The first-order chi connectivity index (χ1) is 10.1. The van der Waals surface area contributed by atoms with Gasteiger partial charge in [0, 0.05) is 11.6 Å². The van der Waals surface area contributed by atoms with Crippen molar-refractivity contribution in [2.45, 2.75) is 13.3 Å². The van der Waals surface area contributed by atoms with Gasteiger partial charge < -0.3 is 15.4 Å². The van der Waals surface area contributed by atoms with Crippen LogP contribution in [0, 0.1) is 0 Å². The molecule has 1 aromatic heterocycles. The SMILES string of the molecule is CCCNc1nc(Nc2cc(Cl)ccc2Cl)nc(OC)n1. The van der Waals surface area contributed by atoms with Gasteiger partial charge in [-0.05, 0) is 24.6 Å². The van der Waals surface area contributed by atoms with Crippen LogP contribution in [0.4, 0.5) is 17.6 Å². The highest BCUT2D eigenvalue weighted by molar-refractivity contribution is 6.35. The van der Waals surface area contributed by atoms with Crippen molar-refractivity contribution in [2.75, 3.05) is 24.3 Å². The number of halogens is 2. The Kier molecular flexibility index (Phi) is 5.41. The van der Waals surface area contributed by atoms with Gasteiger partial charge in [0.1, 0.15) is 0 Å². The Balaban J connectivity index is 2.27. The summed E-state index contributed by atoms with van der Waals surface area (Å²) in [5, 5.41) is 7.16. The molecule has 0 aliphatic carbocycles. The quantitative estimate of drug-likeness (QED) is 0.841. The molecule has 112 valence electrons. The number of rotatable bonds is 6. The number of ether oxygens (including phenoxy) is 1. The van der Waals surface area contributed by atoms with E-state index in [-0.39, 0.29) is 6.01 Å². The van der Waals surface area contributed by atoms with Gasteiger partial charge in [-0.1, -0.05) is 30.1 Å². The Morgan fingerprint density at radius 2 is 1.90 bits per heavy atom. The molecule has 2 aromatic rings. The topological polar surface area (TPSA) is 72.0 Å². The summed E-state index contributed by atoms with van der Waals surface area (Å²) in [6.07, 6.45) is 0.955. The largest absolute Gasteiger partial charge is 0.467 e. The summed E-state index contributed by atoms with van der Waals surface area (Å²) in [5.41, 5.74) is 0.610. The van der Waals surface area contributed by atoms with Gasteiger partial charge in [-0.3, -0.25) is 0 Å². The molecule has 6 nitrogen and oxygen atoms in total. The Bertz CT molecular complexity index is 624. The molecule has 1 aromatic carbocycles. The Labute approximate surface area is 132 Å². The van der Waals surface area contributed by atoms with E-state index in [1.807, 2.05) is 0 Å². The minimum absolute atomic E-state index is 0.212. The van der Waals surface area contributed by atoms with E-state index in [2.05, 4.69) is 32.5 Å². The number of aromatic nitrogens is 3. The number of benzene rings is 1. The summed E-state index contributed by atoms with van der Waals surface area (Å²) >= 11 is 12.1. The van der Waals surface area contributed by atoms with E-state index in [1.165, 1.54) is 7.11 Å². The van der Waals surface area contributed by atoms with Crippen molar-refractivity contribution in [3.8, 4) is 6.01 Å². The maximum Gasteiger partial charge on any atom is 0.322 e. The first-order valence-electron chi connectivity index (χ1n) is 6.38. The molecule has 2 N–H and O–H groups in total. The summed E-state index contributed by atoms with van der Waals surface area (Å²) in [6.45, 7) is 2.81. The molecule has 2 rings (SSSR count). The lowest BCUT2D eigenvalue weighted by molar-refractivity contribution is 0.379. The average Bonchev–Trinajstić information content (AvgIpc) is 2.48. The van der Waals surface area contributed by atoms with Crippen LogP contribution in [-0.2, 0) is 0 Å². The van der Waals surface area contributed by atoms with E-state index in [4.69, 9.17) is 27.9 Å². The smallest absolute Gasteiger partial charge is 0.322 e. The van der Waals surface area contributed by atoms with E-state index < -0.39 is 0 Å². The second-order valence-corrected chi connectivity index (χ2v) is 4.99. The molecule has 0 amide bonds. The van der Waals surface area contributed by atoms with Gasteiger partial charge in [0.15, 0.2) is 0 Å². The van der Waals surface area contributed by atoms with E-state index in [0.717, 1.165) is 13.0 Å². The molecule has 0 atom stereocenters. The Morgan fingerprint density at radius 1 is 1.14 bits per heavy atom. The van der Waals surface area contributed by atoms with Crippen molar-refractivity contribution in [1.29, 1.82) is 0 Å². The van der Waals surface area contributed by atoms with Crippen LogP contribution in [0.25, 0.3) is 0 Å². The summed E-state index contributed by atoms with van der Waals surface area (Å²) in [4.78, 5) is 12.5. The fraction of sp³-hybridized carbons (Fsp3) is 0.308. The molecule has 1 heterocycles. The van der Waals surface area contributed by atoms with Crippen LogP contribution < -0.4 is 15.4 Å². The highest BCUT2D eigenvalue weighted by atomic mass is 35.5. The zero-order valence-electron chi connectivity index (χ0n) is 11.7. The molecule has 21 heavy (non-hydrogen) atoms. The summed E-state index contributed by atoms with van der Waals surface area (Å²) in [5.74, 6) is 0.758. The van der Waals surface area contributed by atoms with Crippen molar-refractivity contribution in [1.82, 2.24) is 15.0 Å². The lowest BCUT2D eigenvalue weighted by atomic mass is 10.3. The molecule has 8 heteroatoms. The lowest BCUT2D eigenvalue weighted by Crippen LogP contribution is -2.09. The number of hydrogen-bond donors (Lipinski definition) is 2. The first-order valence-corrected chi connectivity index (χ1v) is 7.14. The highest BCUT2D eigenvalue weighted by Crippen LogP contribution is 2.27. The third-order valence-corrected chi connectivity index (χ3v) is 3.07. The maximum atomic E-state index is 6.10. The third kappa shape index (κ3) is 4.34. The van der Waals surface area contributed by atoms with E-state index >= 15 is 0 Å². The normalized spacial score (nSPS) is 10.3. The predicted octanol–water partition coefficient (Wildman–Crippen LogP) is 3.75. The van der Waals surface area contributed by atoms with Gasteiger partial charge in [0.25, 0.3) is 0 Å². The van der Waals surface area contributed by atoms with Gasteiger partial charge in [0.05, 0.1) is 17.8 Å². The number of methoxy groups -OCH3 is 1. The van der Waals surface area contributed by atoms with Gasteiger partial charge in [-0.2, -0.15) is 15.0 Å². The molecule has 0 radical (unpaired) electrons. The minimum Gasteiger partial charge on any atom is -0.467 e. The van der Waals surface area contributed by atoms with Crippen molar-refractivity contribution < 1.29 is 4.74 Å². The second-order valence-electron chi connectivity index (χ2n) is 4.15. The summed E-state index contributed by atoms with van der Waals surface area (Å²) < 4.78 is 5.07. The number of anilines is 3. The van der Waals surface area contributed by atoms with Crippen LogP contribution in [0.1, 0.15) is 13.3 Å². The number of nitrogens with zero attached hydrogens (tertiary/aromatic N) is 3. The fourth-order valence-corrected chi connectivity index (χ4v) is 1.87. The average molecular weight is 328 g/mol. The molecule has 0 fully saturated rings. The van der Waals surface area contributed by atoms with E-state index in [0.29, 0.717) is 27.6 Å². The Hall–Kier alpha value is -1.79. The summed E-state index contributed by atoms with van der Waals surface area (Å²) in [6, 6.07) is 5.31. The summed E-state index contributed by atoms with van der Waals surface area (Å²) in [7, 11) is 1.50. The van der Waals surface area contributed by atoms with Crippen LogP contribution in [0.5, 0.6) is 6.01 Å². The zero-order valence-corrected chi connectivity index (χ0v) is 13.2. The predicted molar refractivity (Wildman–Crippen MR) is 84.9 cm³/mol. The molecule has 0 bridgehead atoms. The molecular weight excluding hydrogens is 313 g/mol. The van der Waals surface area contributed by atoms with E-state index in [1.54, 1.807) is 18.2 Å². The standard InChI is InChI=1S/C13H15Cl2N5O/c1-3-6-16-11-18-12(20-13(19-11)21-2)17-10-7-8(14)4-5-9(10)15/h4-5,7H,3,6H2,1-2H3,(H2,16,17,18,19,20). The maximum absolute atomic E-state index is 6.10. The van der Waals surface area contributed by atoms with Crippen LogP contribution in [0.15, 0.2) is 18.2 Å². The molecule has 0 aliphatic heterocycles. The molecule has 0 unspecified atom stereocenters. The molecule has 0 spiro atoms. The van der Waals surface area contributed by atoms with Crippen LogP contribution in [0.2, 0.25) is 10.0 Å².